The number of benzene rings is 1. The van der Waals surface area contributed by atoms with Crippen LogP contribution in [0.15, 0.2) is 22.7 Å². The molecule has 20 heavy (non-hydrogen) atoms. The Morgan fingerprint density at radius 2 is 2.15 bits per heavy atom. The number of halogens is 1. The minimum absolute atomic E-state index is 0.190. The van der Waals surface area contributed by atoms with Gasteiger partial charge >= 0.3 is 0 Å². The molecule has 0 aromatic heterocycles. The van der Waals surface area contributed by atoms with Gasteiger partial charge in [-0.15, -0.1) is 0 Å². The highest BCUT2D eigenvalue weighted by Crippen LogP contribution is 2.28. The second-order valence-electron chi connectivity index (χ2n) is 5.47. The van der Waals surface area contributed by atoms with Crippen molar-refractivity contribution in [2.75, 3.05) is 0 Å². The standard InChI is InChI=1S/C15H21BrN2O2/c1-2-11-5-3-4-6-14(11)17-10-12-7-8-13(16)9-15(12)18(19)20/h7-9,11,14,17H,2-6,10H2,1H3. The molecule has 0 amide bonds. The lowest BCUT2D eigenvalue weighted by molar-refractivity contribution is -0.385. The van der Waals surface area contributed by atoms with Crippen molar-refractivity contribution in [2.24, 2.45) is 5.92 Å². The molecule has 4 nitrogen and oxygen atoms in total. The van der Waals surface area contributed by atoms with E-state index < -0.39 is 0 Å². The number of nitrogens with zero attached hydrogens (tertiary/aromatic N) is 1. The summed E-state index contributed by atoms with van der Waals surface area (Å²) in [6, 6.07) is 5.77. The topological polar surface area (TPSA) is 55.2 Å². The Hall–Kier alpha value is -0.940. The predicted molar refractivity (Wildman–Crippen MR) is 83.7 cm³/mol. The first-order valence-corrected chi connectivity index (χ1v) is 8.07. The quantitative estimate of drug-likeness (QED) is 0.637. The molecule has 2 rings (SSSR count). The molecule has 2 unspecified atom stereocenters. The maximum absolute atomic E-state index is 11.1. The fourth-order valence-electron chi connectivity index (χ4n) is 3.06. The molecular weight excluding hydrogens is 320 g/mol. The number of nitrogens with one attached hydrogen (secondary N) is 1. The molecule has 1 N–H and O–H groups in total. The first-order valence-electron chi connectivity index (χ1n) is 7.28. The van der Waals surface area contributed by atoms with E-state index in [2.05, 4.69) is 28.2 Å². The highest BCUT2D eigenvalue weighted by Gasteiger charge is 2.24. The van der Waals surface area contributed by atoms with Gasteiger partial charge in [-0.3, -0.25) is 10.1 Å². The van der Waals surface area contributed by atoms with E-state index >= 15 is 0 Å². The lowest BCUT2D eigenvalue weighted by atomic mass is 9.83. The van der Waals surface area contributed by atoms with E-state index in [1.807, 2.05) is 12.1 Å². The number of nitro groups is 1. The van der Waals surface area contributed by atoms with Crippen LogP contribution in [0, 0.1) is 16.0 Å². The molecule has 1 aliphatic carbocycles. The van der Waals surface area contributed by atoms with Gasteiger partial charge in [0.25, 0.3) is 5.69 Å². The Morgan fingerprint density at radius 3 is 2.85 bits per heavy atom. The van der Waals surface area contributed by atoms with Crippen molar-refractivity contribution in [3.63, 3.8) is 0 Å². The van der Waals surface area contributed by atoms with E-state index in [1.165, 1.54) is 32.1 Å². The molecule has 2 atom stereocenters. The monoisotopic (exact) mass is 340 g/mol. The second kappa shape index (κ2) is 7.18. The van der Waals surface area contributed by atoms with Gasteiger partial charge in [0.05, 0.1) is 4.92 Å². The summed E-state index contributed by atoms with van der Waals surface area (Å²) in [7, 11) is 0. The molecule has 0 bridgehead atoms. The summed E-state index contributed by atoms with van der Waals surface area (Å²) in [6.45, 7) is 2.80. The van der Waals surface area contributed by atoms with Gasteiger partial charge in [-0.05, 0) is 30.9 Å². The fraction of sp³-hybridized carbons (Fsp3) is 0.600. The summed E-state index contributed by atoms with van der Waals surface area (Å²) in [6.07, 6.45) is 6.21. The van der Waals surface area contributed by atoms with E-state index in [1.54, 1.807) is 6.07 Å². The van der Waals surface area contributed by atoms with Crippen molar-refractivity contribution in [2.45, 2.75) is 51.6 Å². The number of rotatable bonds is 5. The van der Waals surface area contributed by atoms with Gasteiger partial charge in [0.15, 0.2) is 0 Å². The van der Waals surface area contributed by atoms with Gasteiger partial charge in [-0.1, -0.05) is 42.1 Å². The van der Waals surface area contributed by atoms with Crippen LogP contribution >= 0.6 is 15.9 Å². The minimum Gasteiger partial charge on any atom is -0.309 e. The third kappa shape index (κ3) is 3.79. The Morgan fingerprint density at radius 1 is 1.40 bits per heavy atom. The van der Waals surface area contributed by atoms with Crippen LogP contribution in [-0.2, 0) is 6.54 Å². The van der Waals surface area contributed by atoms with Crippen molar-refractivity contribution in [3.8, 4) is 0 Å². The van der Waals surface area contributed by atoms with Crippen molar-refractivity contribution in [3.05, 3.63) is 38.3 Å². The molecule has 1 fully saturated rings. The third-order valence-electron chi connectivity index (χ3n) is 4.23. The van der Waals surface area contributed by atoms with Gasteiger partial charge in [0, 0.05) is 28.7 Å². The molecule has 0 saturated heterocycles. The third-order valence-corrected chi connectivity index (χ3v) is 4.73. The molecule has 1 aromatic carbocycles. The predicted octanol–water partition coefficient (Wildman–Crippen LogP) is 4.42. The zero-order valence-corrected chi connectivity index (χ0v) is 13.4. The largest absolute Gasteiger partial charge is 0.309 e. The first kappa shape index (κ1) is 15.4. The zero-order chi connectivity index (χ0) is 14.5. The van der Waals surface area contributed by atoms with Crippen LogP contribution in [0.3, 0.4) is 0 Å². The fourth-order valence-corrected chi connectivity index (χ4v) is 3.41. The van der Waals surface area contributed by atoms with E-state index in [0.717, 1.165) is 10.0 Å². The normalized spacial score (nSPS) is 22.7. The van der Waals surface area contributed by atoms with E-state index in [4.69, 9.17) is 0 Å². The molecule has 1 aromatic rings. The smallest absolute Gasteiger partial charge is 0.275 e. The van der Waals surface area contributed by atoms with Gasteiger partial charge in [-0.25, -0.2) is 0 Å². The van der Waals surface area contributed by atoms with Crippen LogP contribution in [-0.4, -0.2) is 11.0 Å². The minimum atomic E-state index is -0.306. The number of hydrogen-bond acceptors (Lipinski definition) is 3. The Balaban J connectivity index is 2.04. The Kier molecular flexibility index (Phi) is 5.54. The van der Waals surface area contributed by atoms with Crippen molar-refractivity contribution in [1.82, 2.24) is 5.32 Å². The maximum Gasteiger partial charge on any atom is 0.275 e. The van der Waals surface area contributed by atoms with Crippen LogP contribution in [0.4, 0.5) is 5.69 Å². The summed E-state index contributed by atoms with van der Waals surface area (Å²) in [5, 5.41) is 14.6. The van der Waals surface area contributed by atoms with E-state index in [-0.39, 0.29) is 10.6 Å². The van der Waals surface area contributed by atoms with Gasteiger partial charge in [0.1, 0.15) is 0 Å². The second-order valence-corrected chi connectivity index (χ2v) is 6.39. The zero-order valence-electron chi connectivity index (χ0n) is 11.8. The Labute approximate surface area is 128 Å². The lowest BCUT2D eigenvalue weighted by Crippen LogP contribution is -2.37. The molecule has 1 saturated carbocycles. The SMILES string of the molecule is CCC1CCCCC1NCc1ccc(Br)cc1[N+](=O)[O-]. The van der Waals surface area contributed by atoms with Gasteiger partial charge in [0.2, 0.25) is 0 Å². The van der Waals surface area contributed by atoms with Crippen LogP contribution in [0.1, 0.15) is 44.6 Å². The lowest BCUT2D eigenvalue weighted by Gasteiger charge is -2.31. The van der Waals surface area contributed by atoms with Crippen molar-refractivity contribution < 1.29 is 4.92 Å². The van der Waals surface area contributed by atoms with Gasteiger partial charge < -0.3 is 5.32 Å². The Bertz CT molecular complexity index is 479. The van der Waals surface area contributed by atoms with E-state index in [0.29, 0.717) is 18.5 Å². The van der Waals surface area contributed by atoms with Crippen molar-refractivity contribution in [1.29, 1.82) is 0 Å². The average Bonchev–Trinajstić information content (AvgIpc) is 2.46. The molecule has 5 heteroatoms. The van der Waals surface area contributed by atoms with Crippen LogP contribution in [0.5, 0.6) is 0 Å². The van der Waals surface area contributed by atoms with Crippen LogP contribution in [0.2, 0.25) is 0 Å². The summed E-state index contributed by atoms with van der Waals surface area (Å²) < 4.78 is 0.747. The number of hydrogen-bond donors (Lipinski definition) is 1. The molecule has 1 aliphatic rings. The summed E-state index contributed by atoms with van der Waals surface area (Å²) >= 11 is 3.29. The highest BCUT2D eigenvalue weighted by atomic mass is 79.9. The van der Waals surface area contributed by atoms with Crippen LogP contribution in [0.25, 0.3) is 0 Å². The summed E-state index contributed by atoms with van der Waals surface area (Å²) in [5.74, 6) is 0.707. The summed E-state index contributed by atoms with van der Waals surface area (Å²) in [4.78, 5) is 10.8. The van der Waals surface area contributed by atoms with Crippen LogP contribution < -0.4 is 5.32 Å². The summed E-state index contributed by atoms with van der Waals surface area (Å²) in [5.41, 5.74) is 0.953. The average molecular weight is 341 g/mol. The maximum atomic E-state index is 11.1. The van der Waals surface area contributed by atoms with Crippen molar-refractivity contribution >= 4 is 21.6 Å². The molecular formula is C15H21BrN2O2. The molecule has 0 heterocycles. The molecule has 0 spiro atoms. The molecule has 0 radical (unpaired) electrons. The van der Waals surface area contributed by atoms with E-state index in [9.17, 15) is 10.1 Å². The first-order chi connectivity index (χ1) is 9.61. The molecule has 110 valence electrons. The highest BCUT2D eigenvalue weighted by molar-refractivity contribution is 9.10. The van der Waals surface area contributed by atoms with Gasteiger partial charge in [-0.2, -0.15) is 0 Å². The molecule has 0 aliphatic heterocycles. The number of nitro benzene ring substituents is 1.